The normalized spacial score (nSPS) is 11.1. The molecule has 0 amide bonds. The largest absolute Gasteiger partial charge is 0.256 e. The first kappa shape index (κ1) is 47.4. The van der Waals surface area contributed by atoms with Gasteiger partial charge in [-0.1, -0.05) is 249 Å². The quantitative estimate of drug-likeness (QED) is 0.122. The summed E-state index contributed by atoms with van der Waals surface area (Å²) in [4.78, 5) is 15.2. The summed E-state index contributed by atoms with van der Waals surface area (Å²) in [5.74, 6) is 0. The molecule has 0 saturated carbocycles. The molecular weight excluding hydrogens is 943 g/mol. The van der Waals surface area contributed by atoms with Crippen LogP contribution in [0.1, 0.15) is 0 Å². The maximum Gasteiger partial charge on any atom is 0.0708 e. The Hall–Kier alpha value is -10.4. The number of pyridine rings is 3. The van der Waals surface area contributed by atoms with Crippen LogP contribution in [-0.2, 0) is 0 Å². The maximum absolute atomic E-state index is 5.23. The molecule has 13 aromatic rings. The van der Waals surface area contributed by atoms with Crippen LogP contribution in [0.3, 0.4) is 0 Å². The standard InChI is InChI=1S/C75H51N3/c1-5-20-52(21-6-1)53-36-38-54(39-37-53)58-28-19-29-59(44-58)71-48-75(57-26-11-4-12-27-57)78-51-72(71)70-35-18-17-34-69(70)64-46-62(67-32-15-13-30-65(67)60-40-42-73(76-49-60)55-22-7-2-8-23-55)45-63(47-64)68-33-16-14-31-66(68)61-41-43-74(77-50-61)56-24-9-3-10-25-56/h1-51H. The lowest BCUT2D eigenvalue weighted by Gasteiger charge is -2.19. The van der Waals surface area contributed by atoms with Crippen LogP contribution in [0.5, 0.6) is 0 Å². The summed E-state index contributed by atoms with van der Waals surface area (Å²) in [6, 6.07) is 104. The third kappa shape index (κ3) is 9.76. The second-order valence-corrected chi connectivity index (χ2v) is 19.5. The molecule has 10 aromatic carbocycles. The molecular formula is C75H51N3. The van der Waals surface area contributed by atoms with Crippen molar-refractivity contribution < 1.29 is 0 Å². The van der Waals surface area contributed by atoms with Crippen LogP contribution < -0.4 is 0 Å². The predicted octanol–water partition coefficient (Wildman–Crippen LogP) is 19.9. The summed E-state index contributed by atoms with van der Waals surface area (Å²) >= 11 is 0. The average Bonchev–Trinajstić information content (AvgIpc) is 3.54. The van der Waals surface area contributed by atoms with E-state index in [9.17, 15) is 0 Å². The first-order valence-corrected chi connectivity index (χ1v) is 26.5. The van der Waals surface area contributed by atoms with Gasteiger partial charge < -0.3 is 0 Å². The number of hydrogen-bond acceptors (Lipinski definition) is 3. The van der Waals surface area contributed by atoms with Crippen molar-refractivity contribution in [2.45, 2.75) is 0 Å². The summed E-state index contributed by atoms with van der Waals surface area (Å²) in [5.41, 5.74) is 26.0. The number of nitrogens with zero attached hydrogens (tertiary/aromatic N) is 3. The highest BCUT2D eigenvalue weighted by Crippen LogP contribution is 2.45. The molecule has 0 aliphatic rings. The third-order valence-electron chi connectivity index (χ3n) is 14.7. The molecule has 0 N–H and O–H groups in total. The Labute approximate surface area is 456 Å². The summed E-state index contributed by atoms with van der Waals surface area (Å²) in [6.45, 7) is 0. The molecule has 3 aromatic heterocycles. The molecule has 13 rings (SSSR count). The van der Waals surface area contributed by atoms with Crippen LogP contribution in [-0.4, -0.2) is 15.0 Å². The second kappa shape index (κ2) is 21.5. The Morgan fingerprint density at radius 2 is 0.449 bits per heavy atom. The molecule has 0 unspecified atom stereocenters. The molecule has 0 fully saturated rings. The van der Waals surface area contributed by atoms with Crippen molar-refractivity contribution in [1.82, 2.24) is 15.0 Å². The third-order valence-corrected chi connectivity index (χ3v) is 14.7. The van der Waals surface area contributed by atoms with Gasteiger partial charge >= 0.3 is 0 Å². The molecule has 0 spiro atoms. The van der Waals surface area contributed by atoms with Gasteiger partial charge in [-0.25, -0.2) is 0 Å². The van der Waals surface area contributed by atoms with E-state index in [0.717, 1.165) is 123 Å². The van der Waals surface area contributed by atoms with Crippen molar-refractivity contribution in [2.24, 2.45) is 0 Å². The van der Waals surface area contributed by atoms with Crippen LogP contribution in [0.15, 0.2) is 310 Å². The molecule has 3 nitrogen and oxygen atoms in total. The summed E-state index contributed by atoms with van der Waals surface area (Å²) < 4.78 is 0. The molecule has 78 heavy (non-hydrogen) atoms. The number of rotatable bonds is 12. The van der Waals surface area contributed by atoms with Gasteiger partial charge in [0.05, 0.1) is 17.1 Å². The van der Waals surface area contributed by atoms with Gasteiger partial charge in [0.15, 0.2) is 0 Å². The van der Waals surface area contributed by atoms with Gasteiger partial charge in [0.1, 0.15) is 0 Å². The van der Waals surface area contributed by atoms with Crippen molar-refractivity contribution in [3.8, 4) is 134 Å². The SMILES string of the molecule is c1ccc(-c2ccc(-c3cccc(-c4cc(-c5ccccc5)ncc4-c4ccccc4-c4cc(-c5ccccc5-c5ccc(-c6ccccc6)nc5)cc(-c5ccccc5-c5ccc(-c6ccccc6)nc5)c4)c3)cc2)cc1. The van der Waals surface area contributed by atoms with Gasteiger partial charge in [0, 0.05) is 52.0 Å². The van der Waals surface area contributed by atoms with Crippen molar-refractivity contribution in [2.75, 3.05) is 0 Å². The number of benzene rings is 10. The van der Waals surface area contributed by atoms with E-state index in [1.165, 1.54) is 11.1 Å². The minimum absolute atomic E-state index is 0.916. The minimum Gasteiger partial charge on any atom is -0.256 e. The zero-order valence-corrected chi connectivity index (χ0v) is 42.8. The first-order valence-electron chi connectivity index (χ1n) is 26.5. The lowest BCUT2D eigenvalue weighted by atomic mass is 9.85. The maximum atomic E-state index is 5.23. The van der Waals surface area contributed by atoms with Crippen LogP contribution in [0.4, 0.5) is 0 Å². The molecule has 0 aliphatic carbocycles. The first-order chi connectivity index (χ1) is 38.7. The van der Waals surface area contributed by atoms with Crippen molar-refractivity contribution in [1.29, 1.82) is 0 Å². The molecule has 0 atom stereocenters. The Morgan fingerprint density at radius 3 is 0.897 bits per heavy atom. The topological polar surface area (TPSA) is 38.7 Å². The zero-order valence-electron chi connectivity index (χ0n) is 42.8. The van der Waals surface area contributed by atoms with Crippen LogP contribution in [0, 0.1) is 0 Å². The van der Waals surface area contributed by atoms with E-state index in [0.29, 0.717) is 0 Å². The van der Waals surface area contributed by atoms with Gasteiger partial charge in [-0.15, -0.1) is 0 Å². The fourth-order valence-electron chi connectivity index (χ4n) is 10.7. The van der Waals surface area contributed by atoms with E-state index >= 15 is 0 Å². The predicted molar refractivity (Wildman–Crippen MR) is 325 cm³/mol. The Bertz CT molecular complexity index is 4050. The monoisotopic (exact) mass is 993 g/mol. The van der Waals surface area contributed by atoms with Crippen molar-refractivity contribution in [3.05, 3.63) is 310 Å². The summed E-state index contributed by atoms with van der Waals surface area (Å²) in [6.07, 6.45) is 6.08. The lowest BCUT2D eigenvalue weighted by Crippen LogP contribution is -1.95. The van der Waals surface area contributed by atoms with Crippen LogP contribution >= 0.6 is 0 Å². The Balaban J connectivity index is 0.972. The zero-order chi connectivity index (χ0) is 52.0. The van der Waals surface area contributed by atoms with Gasteiger partial charge in [0.2, 0.25) is 0 Å². The molecule has 0 saturated heterocycles. The number of hydrogen-bond donors (Lipinski definition) is 0. The second-order valence-electron chi connectivity index (χ2n) is 19.5. The van der Waals surface area contributed by atoms with Gasteiger partial charge in [-0.2, -0.15) is 0 Å². The van der Waals surface area contributed by atoms with Crippen molar-refractivity contribution >= 4 is 0 Å². The van der Waals surface area contributed by atoms with Gasteiger partial charge in [0.25, 0.3) is 0 Å². The lowest BCUT2D eigenvalue weighted by molar-refractivity contribution is 1.32. The van der Waals surface area contributed by atoms with Crippen molar-refractivity contribution in [3.63, 3.8) is 0 Å². The van der Waals surface area contributed by atoms with Crippen LogP contribution in [0.2, 0.25) is 0 Å². The minimum atomic E-state index is 0.916. The fraction of sp³-hybridized carbons (Fsp3) is 0. The van der Waals surface area contributed by atoms with E-state index in [1.807, 2.05) is 24.5 Å². The Morgan fingerprint density at radius 1 is 0.141 bits per heavy atom. The van der Waals surface area contributed by atoms with E-state index < -0.39 is 0 Å². The van der Waals surface area contributed by atoms with E-state index in [1.54, 1.807) is 0 Å². The van der Waals surface area contributed by atoms with E-state index in [2.05, 4.69) is 285 Å². The fourth-order valence-corrected chi connectivity index (χ4v) is 10.7. The highest BCUT2D eigenvalue weighted by atomic mass is 14.7. The van der Waals surface area contributed by atoms with Gasteiger partial charge in [-0.3, -0.25) is 15.0 Å². The van der Waals surface area contributed by atoms with E-state index in [4.69, 9.17) is 15.0 Å². The molecule has 3 heteroatoms. The number of aromatic nitrogens is 3. The van der Waals surface area contributed by atoms with Crippen LogP contribution in [0.25, 0.3) is 134 Å². The molecule has 0 radical (unpaired) electrons. The van der Waals surface area contributed by atoms with Gasteiger partial charge in [-0.05, 0) is 126 Å². The highest BCUT2D eigenvalue weighted by molar-refractivity contribution is 5.97. The average molecular weight is 994 g/mol. The smallest absolute Gasteiger partial charge is 0.0708 e. The molecule has 0 bridgehead atoms. The molecule has 366 valence electrons. The highest BCUT2D eigenvalue weighted by Gasteiger charge is 2.20. The summed E-state index contributed by atoms with van der Waals surface area (Å²) in [5, 5.41) is 0. The Kier molecular flexibility index (Phi) is 13.0. The molecule has 3 heterocycles. The summed E-state index contributed by atoms with van der Waals surface area (Å²) in [7, 11) is 0. The molecule has 0 aliphatic heterocycles. The van der Waals surface area contributed by atoms with E-state index in [-0.39, 0.29) is 0 Å².